The van der Waals surface area contributed by atoms with Crippen molar-refractivity contribution in [2.45, 2.75) is 50.0 Å². The zero-order valence-electron chi connectivity index (χ0n) is 13.4. The summed E-state index contributed by atoms with van der Waals surface area (Å²) in [5.74, 6) is 0.551. The van der Waals surface area contributed by atoms with Crippen LogP contribution < -0.4 is 14.8 Å². The van der Waals surface area contributed by atoms with Gasteiger partial charge in [-0.25, -0.2) is 13.1 Å². The molecule has 126 valence electrons. The average molecular weight is 338 g/mol. The highest BCUT2D eigenvalue weighted by atomic mass is 32.2. The quantitative estimate of drug-likeness (QED) is 0.882. The second-order valence-corrected chi connectivity index (χ2v) is 8.49. The van der Waals surface area contributed by atoms with E-state index in [0.29, 0.717) is 23.9 Å². The molecule has 0 atom stereocenters. The minimum Gasteiger partial charge on any atom is -0.476 e. The van der Waals surface area contributed by atoms with Crippen LogP contribution in [0.5, 0.6) is 5.75 Å². The summed E-state index contributed by atoms with van der Waals surface area (Å²) in [6, 6.07) is 4.51. The number of rotatable bonds is 4. The Morgan fingerprint density at radius 1 is 1.30 bits per heavy atom. The molecule has 1 aromatic rings. The van der Waals surface area contributed by atoms with Crippen LogP contribution in [0.3, 0.4) is 0 Å². The predicted octanol–water partition coefficient (Wildman–Crippen LogP) is 2.26. The first kappa shape index (κ1) is 16.3. The Hall–Kier alpha value is -1.60. The van der Waals surface area contributed by atoms with E-state index in [1.165, 1.54) is 25.0 Å². The smallest absolute Gasteiger partial charge is 0.268 e. The molecule has 0 aromatic heterocycles. The van der Waals surface area contributed by atoms with Gasteiger partial charge in [0.2, 0.25) is 10.0 Å². The van der Waals surface area contributed by atoms with E-state index in [-0.39, 0.29) is 10.8 Å². The van der Waals surface area contributed by atoms with E-state index in [1.54, 1.807) is 19.9 Å². The fourth-order valence-corrected chi connectivity index (χ4v) is 4.11. The zero-order chi connectivity index (χ0) is 16.7. The molecular formula is C16H22N2O4S. The molecule has 1 amide bonds. The van der Waals surface area contributed by atoms with Gasteiger partial charge in [-0.15, -0.1) is 0 Å². The van der Waals surface area contributed by atoms with Crippen LogP contribution >= 0.6 is 0 Å². The van der Waals surface area contributed by atoms with Gasteiger partial charge < -0.3 is 10.1 Å². The molecule has 1 heterocycles. The zero-order valence-corrected chi connectivity index (χ0v) is 14.2. The van der Waals surface area contributed by atoms with Gasteiger partial charge >= 0.3 is 0 Å². The van der Waals surface area contributed by atoms with Crippen LogP contribution in [0.25, 0.3) is 0 Å². The summed E-state index contributed by atoms with van der Waals surface area (Å²) in [5.41, 5.74) is -0.531. The largest absolute Gasteiger partial charge is 0.476 e. The molecule has 1 fully saturated rings. The number of hydrogen-bond acceptors (Lipinski definition) is 4. The number of amides is 1. The van der Waals surface area contributed by atoms with E-state index in [4.69, 9.17) is 4.74 Å². The van der Waals surface area contributed by atoms with Gasteiger partial charge in [0, 0.05) is 12.6 Å². The maximum Gasteiger partial charge on any atom is 0.268 e. The van der Waals surface area contributed by atoms with Crippen molar-refractivity contribution in [1.82, 2.24) is 4.72 Å². The highest BCUT2D eigenvalue weighted by molar-refractivity contribution is 7.89. The fourth-order valence-electron chi connectivity index (χ4n) is 2.98. The van der Waals surface area contributed by atoms with Crippen LogP contribution in [-0.4, -0.2) is 26.5 Å². The number of anilines is 1. The lowest BCUT2D eigenvalue weighted by Crippen LogP contribution is -2.45. The first-order valence-electron chi connectivity index (χ1n) is 7.92. The number of fused-ring (bicyclic) bond motifs is 1. The molecule has 2 aliphatic rings. The monoisotopic (exact) mass is 338 g/mol. The molecule has 1 aromatic carbocycles. The van der Waals surface area contributed by atoms with Crippen LogP contribution in [0.4, 0.5) is 5.69 Å². The molecule has 0 saturated heterocycles. The SMILES string of the molecule is CC1(C)Oc2cc(S(=O)(=O)NCC3CCCC3)ccc2NC1=O. The van der Waals surface area contributed by atoms with Gasteiger partial charge in [-0.1, -0.05) is 12.8 Å². The van der Waals surface area contributed by atoms with Crippen molar-refractivity contribution in [3.05, 3.63) is 18.2 Å². The third-order valence-electron chi connectivity index (χ3n) is 4.46. The van der Waals surface area contributed by atoms with Crippen LogP contribution in [0.1, 0.15) is 39.5 Å². The molecule has 1 aliphatic carbocycles. The maximum absolute atomic E-state index is 12.4. The summed E-state index contributed by atoms with van der Waals surface area (Å²) in [7, 11) is -3.57. The minimum atomic E-state index is -3.57. The molecule has 6 nitrogen and oxygen atoms in total. The molecule has 0 radical (unpaired) electrons. The van der Waals surface area contributed by atoms with E-state index in [0.717, 1.165) is 12.8 Å². The number of benzene rings is 1. The number of nitrogens with one attached hydrogen (secondary N) is 2. The lowest BCUT2D eigenvalue weighted by atomic mass is 10.1. The third-order valence-corrected chi connectivity index (χ3v) is 5.88. The molecule has 0 bridgehead atoms. The first-order valence-corrected chi connectivity index (χ1v) is 9.40. The Morgan fingerprint density at radius 3 is 2.70 bits per heavy atom. The number of carbonyl (C=O) groups is 1. The summed E-state index contributed by atoms with van der Waals surface area (Å²) in [6.07, 6.45) is 4.51. The maximum atomic E-state index is 12.4. The van der Waals surface area contributed by atoms with Crippen molar-refractivity contribution in [3.8, 4) is 5.75 Å². The third kappa shape index (κ3) is 3.35. The lowest BCUT2D eigenvalue weighted by Gasteiger charge is -2.31. The minimum absolute atomic E-state index is 0.154. The van der Waals surface area contributed by atoms with Gasteiger partial charge in [0.1, 0.15) is 5.75 Å². The Labute approximate surface area is 136 Å². The van der Waals surface area contributed by atoms with Crippen molar-refractivity contribution in [2.75, 3.05) is 11.9 Å². The second kappa shape index (κ2) is 5.79. The predicted molar refractivity (Wildman–Crippen MR) is 86.9 cm³/mol. The number of ether oxygens (including phenoxy) is 1. The van der Waals surface area contributed by atoms with Crippen LogP contribution in [0.2, 0.25) is 0 Å². The van der Waals surface area contributed by atoms with Gasteiger partial charge in [-0.3, -0.25) is 4.79 Å². The molecule has 23 heavy (non-hydrogen) atoms. The normalized spacial score (nSPS) is 20.7. The summed E-state index contributed by atoms with van der Waals surface area (Å²) in [6.45, 7) is 3.76. The molecule has 0 spiro atoms. The Morgan fingerprint density at radius 2 is 2.00 bits per heavy atom. The first-order chi connectivity index (χ1) is 10.8. The summed E-state index contributed by atoms with van der Waals surface area (Å²) >= 11 is 0. The fraction of sp³-hybridized carbons (Fsp3) is 0.562. The van der Waals surface area contributed by atoms with Gasteiger partial charge in [-0.2, -0.15) is 0 Å². The average Bonchev–Trinajstić information content (AvgIpc) is 2.99. The van der Waals surface area contributed by atoms with Crippen LogP contribution in [0, 0.1) is 5.92 Å². The van der Waals surface area contributed by atoms with E-state index >= 15 is 0 Å². The van der Waals surface area contributed by atoms with Gasteiger partial charge in [0.05, 0.1) is 10.6 Å². The highest BCUT2D eigenvalue weighted by Crippen LogP contribution is 2.35. The molecule has 7 heteroatoms. The molecule has 0 unspecified atom stereocenters. The van der Waals surface area contributed by atoms with E-state index < -0.39 is 15.6 Å². The Bertz CT molecular complexity index is 722. The Balaban J connectivity index is 1.79. The molecule has 2 N–H and O–H groups in total. The number of carbonyl (C=O) groups excluding carboxylic acids is 1. The molecule has 3 rings (SSSR count). The summed E-state index contributed by atoms with van der Waals surface area (Å²) in [4.78, 5) is 12.0. The number of hydrogen-bond donors (Lipinski definition) is 2. The van der Waals surface area contributed by atoms with Crippen molar-refractivity contribution in [3.63, 3.8) is 0 Å². The van der Waals surface area contributed by atoms with E-state index in [2.05, 4.69) is 10.0 Å². The van der Waals surface area contributed by atoms with Crippen LogP contribution in [0.15, 0.2) is 23.1 Å². The lowest BCUT2D eigenvalue weighted by molar-refractivity contribution is -0.129. The van der Waals surface area contributed by atoms with Crippen LogP contribution in [-0.2, 0) is 14.8 Å². The summed E-state index contributed by atoms with van der Waals surface area (Å²) < 4.78 is 33.2. The molecule has 1 saturated carbocycles. The van der Waals surface area contributed by atoms with Crippen molar-refractivity contribution in [2.24, 2.45) is 5.92 Å². The number of sulfonamides is 1. The van der Waals surface area contributed by atoms with Crippen molar-refractivity contribution < 1.29 is 17.9 Å². The topological polar surface area (TPSA) is 84.5 Å². The van der Waals surface area contributed by atoms with Gasteiger partial charge in [-0.05, 0) is 44.7 Å². The summed E-state index contributed by atoms with van der Waals surface area (Å²) in [5, 5.41) is 2.73. The molecule has 1 aliphatic heterocycles. The van der Waals surface area contributed by atoms with E-state index in [1.807, 2.05) is 0 Å². The standard InChI is InChI=1S/C16H22N2O4S/c1-16(2)15(19)18-13-8-7-12(9-14(13)22-16)23(20,21)17-10-11-5-3-4-6-11/h7-9,11,17H,3-6,10H2,1-2H3,(H,18,19). The van der Waals surface area contributed by atoms with Crippen molar-refractivity contribution >= 4 is 21.6 Å². The Kier molecular flexibility index (Phi) is 4.10. The van der Waals surface area contributed by atoms with Gasteiger partial charge in [0.25, 0.3) is 5.91 Å². The second-order valence-electron chi connectivity index (χ2n) is 6.73. The van der Waals surface area contributed by atoms with Crippen molar-refractivity contribution in [1.29, 1.82) is 0 Å². The molecular weight excluding hydrogens is 316 g/mol. The highest BCUT2D eigenvalue weighted by Gasteiger charge is 2.36. The van der Waals surface area contributed by atoms with Gasteiger partial charge in [0.15, 0.2) is 5.60 Å². The van der Waals surface area contributed by atoms with E-state index in [9.17, 15) is 13.2 Å².